The lowest BCUT2D eigenvalue weighted by molar-refractivity contribution is -0.384. The van der Waals surface area contributed by atoms with Crippen molar-refractivity contribution in [2.24, 2.45) is 0 Å². The second-order valence-corrected chi connectivity index (χ2v) is 7.80. The highest BCUT2D eigenvalue weighted by atomic mass is 35.5. The lowest BCUT2D eigenvalue weighted by atomic mass is 10.1. The summed E-state index contributed by atoms with van der Waals surface area (Å²) in [5.41, 5.74) is 0.606. The summed E-state index contributed by atoms with van der Waals surface area (Å²) < 4.78 is 5.05. The van der Waals surface area contributed by atoms with Crippen molar-refractivity contribution in [3.8, 4) is 0 Å². The first kappa shape index (κ1) is 22.1. The lowest BCUT2D eigenvalue weighted by Gasteiger charge is -2.22. The Kier molecular flexibility index (Phi) is 7.29. The van der Waals surface area contributed by atoms with Crippen LogP contribution in [0.5, 0.6) is 0 Å². The molecule has 0 saturated carbocycles. The average Bonchev–Trinajstić information content (AvgIpc) is 3.02. The van der Waals surface area contributed by atoms with Crippen LogP contribution in [0, 0.1) is 10.1 Å². The minimum atomic E-state index is -0.811. The van der Waals surface area contributed by atoms with Gasteiger partial charge in [-0.15, -0.1) is 0 Å². The molecule has 7 nitrogen and oxygen atoms in total. The fraction of sp³-hybridized carbons (Fsp3) is 0.333. The summed E-state index contributed by atoms with van der Waals surface area (Å²) in [5, 5.41) is 12.1. The van der Waals surface area contributed by atoms with Gasteiger partial charge >= 0.3 is 5.97 Å². The van der Waals surface area contributed by atoms with E-state index in [0.29, 0.717) is 10.7 Å². The van der Waals surface area contributed by atoms with Gasteiger partial charge in [-0.05, 0) is 43.2 Å². The molecule has 30 heavy (non-hydrogen) atoms. The predicted octanol–water partition coefficient (Wildman–Crippen LogP) is 5.32. The summed E-state index contributed by atoms with van der Waals surface area (Å²) in [6.45, 7) is 0.962. The summed E-state index contributed by atoms with van der Waals surface area (Å²) in [7, 11) is 0. The SMILES string of the molecule is O=C(COC(=O)c1ccc(N2CCCCCC2)c([N+](=O)[O-])c1)c1ccc(Cl)c(Cl)c1. The third-order valence-electron chi connectivity index (χ3n) is 4.93. The Labute approximate surface area is 183 Å². The van der Waals surface area contributed by atoms with Gasteiger partial charge < -0.3 is 9.64 Å². The molecule has 1 saturated heterocycles. The van der Waals surface area contributed by atoms with Crippen LogP contribution in [0.3, 0.4) is 0 Å². The van der Waals surface area contributed by atoms with Crippen LogP contribution in [0.15, 0.2) is 36.4 Å². The number of hydrogen-bond acceptors (Lipinski definition) is 6. The largest absolute Gasteiger partial charge is 0.454 e. The standard InChI is InChI=1S/C21H20Cl2N2O5/c22-16-7-5-14(11-17(16)23)20(26)13-30-21(27)15-6-8-18(19(12-15)25(28)29)24-9-3-1-2-4-10-24/h5-8,11-12H,1-4,9-10,13H2. The molecule has 1 fully saturated rings. The number of nitro groups is 1. The van der Waals surface area contributed by atoms with E-state index in [2.05, 4.69) is 0 Å². The molecule has 158 valence electrons. The number of anilines is 1. The molecule has 3 rings (SSSR count). The van der Waals surface area contributed by atoms with E-state index >= 15 is 0 Å². The van der Waals surface area contributed by atoms with Crippen LogP contribution in [-0.4, -0.2) is 36.4 Å². The van der Waals surface area contributed by atoms with Gasteiger partial charge in [0.05, 0.1) is 20.5 Å². The van der Waals surface area contributed by atoms with Crippen molar-refractivity contribution in [1.82, 2.24) is 0 Å². The van der Waals surface area contributed by atoms with Crippen molar-refractivity contribution in [2.75, 3.05) is 24.6 Å². The maximum absolute atomic E-state index is 12.4. The average molecular weight is 451 g/mol. The van der Waals surface area contributed by atoms with Gasteiger partial charge in [-0.25, -0.2) is 4.79 Å². The molecule has 1 aliphatic rings. The zero-order valence-corrected chi connectivity index (χ0v) is 17.6. The summed E-state index contributed by atoms with van der Waals surface area (Å²) in [6, 6.07) is 8.60. The van der Waals surface area contributed by atoms with Crippen molar-refractivity contribution in [3.05, 3.63) is 67.7 Å². The molecule has 2 aromatic carbocycles. The first-order valence-corrected chi connectivity index (χ1v) is 10.3. The number of halogens is 2. The molecular formula is C21H20Cl2N2O5. The Bertz CT molecular complexity index is 972. The molecule has 1 aliphatic heterocycles. The van der Waals surface area contributed by atoms with E-state index in [1.165, 1.54) is 30.3 Å². The number of rotatable bonds is 6. The van der Waals surface area contributed by atoms with Crippen LogP contribution < -0.4 is 4.90 Å². The van der Waals surface area contributed by atoms with Crippen molar-refractivity contribution < 1.29 is 19.2 Å². The third kappa shape index (κ3) is 5.29. The van der Waals surface area contributed by atoms with Gasteiger partial charge in [0.15, 0.2) is 12.4 Å². The molecule has 0 amide bonds. The van der Waals surface area contributed by atoms with E-state index in [-0.39, 0.29) is 21.8 Å². The second-order valence-electron chi connectivity index (χ2n) is 6.99. The van der Waals surface area contributed by atoms with Crippen LogP contribution in [0.1, 0.15) is 46.4 Å². The number of carbonyl (C=O) groups is 2. The van der Waals surface area contributed by atoms with Crippen molar-refractivity contribution >= 4 is 46.3 Å². The highest BCUT2D eigenvalue weighted by Crippen LogP contribution is 2.31. The van der Waals surface area contributed by atoms with Gasteiger partial charge in [-0.3, -0.25) is 14.9 Å². The molecule has 0 unspecified atom stereocenters. The van der Waals surface area contributed by atoms with Crippen molar-refractivity contribution in [3.63, 3.8) is 0 Å². The van der Waals surface area contributed by atoms with Gasteiger partial charge in [-0.1, -0.05) is 36.0 Å². The lowest BCUT2D eigenvalue weighted by Crippen LogP contribution is -2.25. The first-order valence-electron chi connectivity index (χ1n) is 9.55. The normalized spacial score (nSPS) is 14.1. The van der Waals surface area contributed by atoms with E-state index in [1.807, 2.05) is 4.90 Å². The molecule has 0 radical (unpaired) electrons. The molecular weight excluding hydrogens is 431 g/mol. The highest BCUT2D eigenvalue weighted by Gasteiger charge is 2.23. The molecule has 1 heterocycles. The van der Waals surface area contributed by atoms with Gasteiger partial charge in [0.25, 0.3) is 5.69 Å². The van der Waals surface area contributed by atoms with Crippen LogP contribution in [-0.2, 0) is 4.74 Å². The summed E-state index contributed by atoms with van der Waals surface area (Å²) in [6.07, 6.45) is 4.14. The molecule has 0 atom stereocenters. The minimum Gasteiger partial charge on any atom is -0.454 e. The fourth-order valence-corrected chi connectivity index (χ4v) is 3.64. The smallest absolute Gasteiger partial charge is 0.338 e. The second kappa shape index (κ2) is 9.91. The molecule has 0 bridgehead atoms. The number of Topliss-reactive ketones (excluding diaryl/α,β-unsaturated/α-hetero) is 1. The molecule has 0 spiro atoms. The number of ether oxygens (including phenoxy) is 1. The van der Waals surface area contributed by atoms with Gasteiger partial charge in [-0.2, -0.15) is 0 Å². The summed E-state index contributed by atoms with van der Waals surface area (Å²) in [4.78, 5) is 37.6. The number of carbonyl (C=O) groups excluding carboxylic acids is 2. The first-order chi connectivity index (χ1) is 14.4. The molecule has 0 aromatic heterocycles. The zero-order valence-electron chi connectivity index (χ0n) is 16.1. The van der Waals surface area contributed by atoms with Gasteiger partial charge in [0, 0.05) is 24.7 Å². The number of nitrogens with zero attached hydrogens (tertiary/aromatic N) is 2. The van der Waals surface area contributed by atoms with Crippen LogP contribution in [0.4, 0.5) is 11.4 Å². The number of nitro benzene ring substituents is 1. The van der Waals surface area contributed by atoms with Crippen molar-refractivity contribution in [1.29, 1.82) is 0 Å². The van der Waals surface area contributed by atoms with Crippen LogP contribution >= 0.6 is 23.2 Å². The topological polar surface area (TPSA) is 89.8 Å². The Morgan fingerprint density at radius 2 is 1.63 bits per heavy atom. The number of esters is 1. The molecule has 9 heteroatoms. The van der Waals surface area contributed by atoms with Crippen LogP contribution in [0.25, 0.3) is 0 Å². The Balaban J connectivity index is 1.72. The number of ketones is 1. The molecule has 2 aromatic rings. The fourth-order valence-electron chi connectivity index (χ4n) is 3.34. The monoisotopic (exact) mass is 450 g/mol. The Hall–Kier alpha value is -2.64. The van der Waals surface area contributed by atoms with Gasteiger partial charge in [0.2, 0.25) is 0 Å². The van der Waals surface area contributed by atoms with Gasteiger partial charge in [0.1, 0.15) is 5.69 Å². The molecule has 0 N–H and O–H groups in total. The number of benzene rings is 2. The van der Waals surface area contributed by atoms with Crippen LogP contribution in [0.2, 0.25) is 10.0 Å². The van der Waals surface area contributed by atoms with E-state index in [4.69, 9.17) is 27.9 Å². The third-order valence-corrected chi connectivity index (χ3v) is 5.67. The summed E-state index contributed by atoms with van der Waals surface area (Å²) in [5.74, 6) is -1.27. The van der Waals surface area contributed by atoms with E-state index in [9.17, 15) is 19.7 Å². The Morgan fingerprint density at radius 1 is 0.967 bits per heavy atom. The molecule has 0 aliphatic carbocycles. The van der Waals surface area contributed by atoms with E-state index < -0.39 is 23.3 Å². The quantitative estimate of drug-likeness (QED) is 0.256. The zero-order chi connectivity index (χ0) is 21.7. The maximum Gasteiger partial charge on any atom is 0.338 e. The van der Waals surface area contributed by atoms with Crippen molar-refractivity contribution in [2.45, 2.75) is 25.7 Å². The number of hydrogen-bond donors (Lipinski definition) is 0. The van der Waals surface area contributed by atoms with E-state index in [0.717, 1.165) is 38.8 Å². The minimum absolute atomic E-state index is 0.0159. The predicted molar refractivity (Wildman–Crippen MR) is 115 cm³/mol. The maximum atomic E-state index is 12.4. The highest BCUT2D eigenvalue weighted by molar-refractivity contribution is 6.42. The summed E-state index contributed by atoms with van der Waals surface area (Å²) >= 11 is 11.7. The van der Waals surface area contributed by atoms with E-state index in [1.54, 1.807) is 6.07 Å². The Morgan fingerprint density at radius 3 is 2.27 bits per heavy atom.